The largest absolute Gasteiger partial charge is 0.469 e. The lowest BCUT2D eigenvalue weighted by Crippen LogP contribution is -2.40. The summed E-state index contributed by atoms with van der Waals surface area (Å²) in [6.07, 6.45) is 1.98. The normalized spacial score (nSPS) is 26.6. The number of halogens is 1. The Kier molecular flexibility index (Phi) is 8.52. The van der Waals surface area contributed by atoms with E-state index >= 15 is 0 Å². The first-order valence-corrected chi connectivity index (χ1v) is 14.2. The number of aliphatic hydroxyl groups excluding tert-OH is 2. The number of rotatable bonds is 6. The molecular weight excluding hydrogens is 528 g/mol. The van der Waals surface area contributed by atoms with E-state index in [0.29, 0.717) is 49.0 Å². The molecule has 1 amide bonds. The van der Waals surface area contributed by atoms with Gasteiger partial charge in [0.15, 0.2) is 6.10 Å². The van der Waals surface area contributed by atoms with Crippen LogP contribution in [0.3, 0.4) is 0 Å². The lowest BCUT2D eigenvalue weighted by molar-refractivity contribution is 0.00626. The van der Waals surface area contributed by atoms with Crippen LogP contribution in [0.4, 0.5) is 0 Å². The van der Waals surface area contributed by atoms with E-state index in [2.05, 4.69) is 23.4 Å². The third-order valence-corrected chi connectivity index (χ3v) is 8.63. The van der Waals surface area contributed by atoms with Crippen LogP contribution in [0, 0.1) is 0 Å². The van der Waals surface area contributed by atoms with Crippen LogP contribution < -0.4 is 0 Å². The van der Waals surface area contributed by atoms with Crippen LogP contribution in [-0.2, 0) is 14.2 Å². The molecule has 2 N–H and O–H groups in total. The molecule has 38 heavy (non-hydrogen) atoms. The molecule has 3 fully saturated rings. The summed E-state index contributed by atoms with van der Waals surface area (Å²) in [4.78, 5) is 20.0. The van der Waals surface area contributed by atoms with Crippen molar-refractivity contribution in [3.05, 3.63) is 51.9 Å². The third kappa shape index (κ3) is 5.68. The number of allylic oxidation sites excluding steroid dienone is 1. The molecule has 0 radical (unpaired) electrons. The summed E-state index contributed by atoms with van der Waals surface area (Å²) in [5.41, 5.74) is 3.54. The Morgan fingerprint density at radius 3 is 2.66 bits per heavy atom. The first-order chi connectivity index (χ1) is 18.4. The topological polar surface area (TPSA) is 101 Å². The van der Waals surface area contributed by atoms with Crippen LogP contribution in [0.1, 0.15) is 42.1 Å². The fourth-order valence-electron chi connectivity index (χ4n) is 5.14. The predicted molar refractivity (Wildman–Crippen MR) is 148 cm³/mol. The molecule has 10 heteroatoms. The van der Waals surface area contributed by atoms with Crippen LogP contribution in [0.5, 0.6) is 0 Å². The molecule has 4 heterocycles. The second-order valence-corrected chi connectivity index (χ2v) is 11.1. The van der Waals surface area contributed by atoms with Gasteiger partial charge >= 0.3 is 0 Å². The molecule has 3 aliphatic heterocycles. The highest BCUT2D eigenvalue weighted by Crippen LogP contribution is 2.36. The summed E-state index contributed by atoms with van der Waals surface area (Å²) in [5.74, 6) is 0.427. The number of carbonyl (C=O) groups is 1. The number of fused-ring (bicyclic) bond motifs is 1. The van der Waals surface area contributed by atoms with E-state index in [1.165, 1.54) is 0 Å². The zero-order chi connectivity index (χ0) is 26.8. The van der Waals surface area contributed by atoms with Crippen LogP contribution in [0.2, 0.25) is 5.02 Å². The number of nitrogens with zero attached hydrogens (tertiary/aromatic N) is 2. The third-order valence-electron chi connectivity index (χ3n) is 7.36. The molecule has 8 nitrogen and oxygen atoms in total. The second kappa shape index (κ2) is 11.9. The molecule has 0 bridgehead atoms. The zero-order valence-electron chi connectivity index (χ0n) is 21.5. The molecule has 0 saturated carbocycles. The number of piperidine rings is 1. The zero-order valence-corrected chi connectivity index (χ0v) is 23.1. The van der Waals surface area contributed by atoms with Crippen molar-refractivity contribution >= 4 is 40.3 Å². The van der Waals surface area contributed by atoms with Gasteiger partial charge in [-0.15, -0.1) is 11.3 Å². The fraction of sp³-hybridized carbons (Fsp3) is 0.500. The molecule has 1 aromatic heterocycles. The van der Waals surface area contributed by atoms with E-state index in [-0.39, 0.29) is 36.9 Å². The van der Waals surface area contributed by atoms with Gasteiger partial charge in [-0.25, -0.2) is 0 Å². The van der Waals surface area contributed by atoms with Gasteiger partial charge in [-0.1, -0.05) is 24.6 Å². The second-order valence-electron chi connectivity index (χ2n) is 9.82. The van der Waals surface area contributed by atoms with Gasteiger partial charge in [0, 0.05) is 42.2 Å². The van der Waals surface area contributed by atoms with Gasteiger partial charge in [0.25, 0.3) is 5.91 Å². The summed E-state index contributed by atoms with van der Waals surface area (Å²) in [5, 5.41) is 22.3. The molecule has 0 spiro atoms. The fourth-order valence-corrected chi connectivity index (χ4v) is 6.45. The van der Waals surface area contributed by atoms with Gasteiger partial charge in [0.2, 0.25) is 5.90 Å². The van der Waals surface area contributed by atoms with Crippen LogP contribution in [0.15, 0.2) is 40.7 Å². The Morgan fingerprint density at radius 1 is 1.18 bits per heavy atom. The van der Waals surface area contributed by atoms with Crippen molar-refractivity contribution in [2.75, 3.05) is 33.4 Å². The van der Waals surface area contributed by atoms with Gasteiger partial charge in [0.05, 0.1) is 24.3 Å². The number of amides is 1. The monoisotopic (exact) mass is 560 g/mol. The summed E-state index contributed by atoms with van der Waals surface area (Å²) in [6.45, 7) is 3.78. The first kappa shape index (κ1) is 27.3. The lowest BCUT2D eigenvalue weighted by Gasteiger charge is -2.29. The van der Waals surface area contributed by atoms with Crippen molar-refractivity contribution in [2.24, 2.45) is 4.99 Å². The van der Waals surface area contributed by atoms with E-state index in [1.54, 1.807) is 29.4 Å². The van der Waals surface area contributed by atoms with Crippen molar-refractivity contribution in [3.63, 3.8) is 0 Å². The maximum absolute atomic E-state index is 12.9. The smallest absolute Gasteiger partial charge is 0.253 e. The lowest BCUT2D eigenvalue weighted by atomic mass is 10.0. The number of aliphatic hydroxyl groups is 2. The number of benzene rings is 1. The minimum absolute atomic E-state index is 0.0590. The van der Waals surface area contributed by atoms with Crippen molar-refractivity contribution < 1.29 is 29.2 Å². The Labute approximate surface area is 231 Å². The van der Waals surface area contributed by atoms with E-state index in [4.69, 9.17) is 25.8 Å². The summed E-state index contributed by atoms with van der Waals surface area (Å²) < 4.78 is 17.5. The van der Waals surface area contributed by atoms with E-state index in [0.717, 1.165) is 28.0 Å². The minimum atomic E-state index is -0.626. The van der Waals surface area contributed by atoms with Crippen molar-refractivity contribution in [1.82, 2.24) is 4.90 Å². The average molecular weight is 561 g/mol. The number of hydrogen-bond acceptors (Lipinski definition) is 8. The highest BCUT2D eigenvalue weighted by Gasteiger charge is 2.48. The highest BCUT2D eigenvalue weighted by molar-refractivity contribution is 7.13. The maximum Gasteiger partial charge on any atom is 0.253 e. The molecule has 5 rings (SSSR count). The predicted octanol–water partition coefficient (Wildman–Crippen LogP) is 4.03. The van der Waals surface area contributed by atoms with Gasteiger partial charge < -0.3 is 29.3 Å². The van der Waals surface area contributed by atoms with Crippen LogP contribution >= 0.6 is 22.9 Å². The van der Waals surface area contributed by atoms with E-state index < -0.39 is 6.10 Å². The van der Waals surface area contributed by atoms with Crippen LogP contribution in [-0.4, -0.2) is 90.8 Å². The molecule has 3 saturated heterocycles. The number of carbonyl (C=O) groups excluding carboxylic acids is 1. The molecule has 1 aromatic carbocycles. The quantitative estimate of drug-likeness (QED) is 0.409. The van der Waals surface area contributed by atoms with Crippen LogP contribution in [0.25, 0.3) is 16.0 Å². The number of aliphatic imine (C=N–C) groups is 1. The van der Waals surface area contributed by atoms with Gasteiger partial charge in [-0.2, -0.15) is 0 Å². The summed E-state index contributed by atoms with van der Waals surface area (Å²) in [7, 11) is 1.68. The van der Waals surface area contributed by atoms with Gasteiger partial charge in [0.1, 0.15) is 18.3 Å². The Hall–Kier alpha value is -2.27. The molecule has 2 aromatic rings. The maximum atomic E-state index is 12.9. The highest BCUT2D eigenvalue weighted by atomic mass is 35.5. The Morgan fingerprint density at radius 2 is 1.95 bits per heavy atom. The molecule has 204 valence electrons. The Bertz CT molecular complexity index is 1220. The van der Waals surface area contributed by atoms with Gasteiger partial charge in [-0.05, 0) is 54.0 Å². The molecule has 0 aliphatic carbocycles. The molecule has 3 aliphatic rings. The Balaban J connectivity index is 1.29. The van der Waals surface area contributed by atoms with E-state index in [9.17, 15) is 15.0 Å². The summed E-state index contributed by atoms with van der Waals surface area (Å²) in [6, 6.07) is 7.54. The number of ether oxygens (including phenoxy) is 3. The standard InChI is InChI=1S/C28H33ClN2O6S/c1-3-16(12-25(30-2)37-23-14-36-26-22(33)13-35-27(23)26)18-11-24(38-15-18)20-5-4-17(10-21(20)29)28(34)31-8-6-19(32)7-9-31/h4-5,10-12,15,19,22-23,26-27,32-33H,3,6-9,13-14H2,1-2H3/b16-12+,30-25?. The van der Waals surface area contributed by atoms with Crippen molar-refractivity contribution in [3.8, 4) is 10.4 Å². The molecule has 4 unspecified atom stereocenters. The first-order valence-electron chi connectivity index (χ1n) is 13.0. The SMILES string of the molecule is CC/C(=C\C(=NC)OC1COC2C(O)COC12)c1csc(-c2ccc(C(=O)N3CCC(O)CC3)cc2Cl)c1. The number of hydrogen-bond donors (Lipinski definition) is 2. The van der Waals surface area contributed by atoms with Gasteiger partial charge in [-0.3, -0.25) is 9.79 Å². The van der Waals surface area contributed by atoms with E-state index in [1.807, 2.05) is 18.2 Å². The molecular formula is C28H33ClN2O6S. The summed E-state index contributed by atoms with van der Waals surface area (Å²) >= 11 is 8.24. The minimum Gasteiger partial charge on any atom is -0.469 e. The number of thiophene rings is 1. The molecule has 4 atom stereocenters. The van der Waals surface area contributed by atoms with Crippen molar-refractivity contribution in [2.45, 2.75) is 56.7 Å². The van der Waals surface area contributed by atoms with Crippen molar-refractivity contribution in [1.29, 1.82) is 0 Å². The number of likely N-dealkylation sites (tertiary alicyclic amines) is 1. The average Bonchev–Trinajstić information content (AvgIpc) is 3.65.